The van der Waals surface area contributed by atoms with Crippen LogP contribution in [0.1, 0.15) is 33.6 Å². The zero-order chi connectivity index (χ0) is 12.0. The molecule has 0 unspecified atom stereocenters. The van der Waals surface area contributed by atoms with E-state index >= 15 is 0 Å². The summed E-state index contributed by atoms with van der Waals surface area (Å²) >= 11 is 0. The van der Waals surface area contributed by atoms with Crippen LogP contribution in [0, 0.1) is 0 Å². The van der Waals surface area contributed by atoms with Crippen molar-refractivity contribution in [2.45, 2.75) is 39.7 Å². The number of nitrogen functional groups attached to an aromatic ring is 1. The second kappa shape index (κ2) is 6.09. The van der Waals surface area contributed by atoms with Crippen molar-refractivity contribution in [2.24, 2.45) is 0 Å². The molecule has 0 atom stereocenters. The van der Waals surface area contributed by atoms with Crippen LogP contribution in [-0.4, -0.2) is 27.6 Å². The highest BCUT2D eigenvalue weighted by atomic mass is 16.5. The highest BCUT2D eigenvalue weighted by molar-refractivity contribution is 5.32. The van der Waals surface area contributed by atoms with Gasteiger partial charge in [-0.2, -0.15) is 15.0 Å². The fourth-order valence-electron chi connectivity index (χ4n) is 1.09. The molecule has 16 heavy (non-hydrogen) atoms. The Morgan fingerprint density at radius 1 is 1.31 bits per heavy atom. The first-order valence-corrected chi connectivity index (χ1v) is 5.54. The largest absolute Gasteiger partial charge is 0.461 e. The molecule has 0 bridgehead atoms. The number of hydrogen-bond acceptors (Lipinski definition) is 6. The van der Waals surface area contributed by atoms with Gasteiger partial charge in [0.2, 0.25) is 11.9 Å². The SMILES string of the molecule is CCCCNc1nc(N)nc(OC(C)C)n1. The van der Waals surface area contributed by atoms with E-state index in [9.17, 15) is 0 Å². The fourth-order valence-corrected chi connectivity index (χ4v) is 1.09. The maximum Gasteiger partial charge on any atom is 0.323 e. The Labute approximate surface area is 95.6 Å². The van der Waals surface area contributed by atoms with Crippen LogP contribution >= 0.6 is 0 Å². The normalized spacial score (nSPS) is 10.5. The van der Waals surface area contributed by atoms with Crippen LogP contribution in [0.3, 0.4) is 0 Å². The van der Waals surface area contributed by atoms with Crippen LogP contribution in [0.5, 0.6) is 6.01 Å². The topological polar surface area (TPSA) is 86.0 Å². The van der Waals surface area contributed by atoms with Crippen LogP contribution in [0.4, 0.5) is 11.9 Å². The van der Waals surface area contributed by atoms with Gasteiger partial charge in [-0.1, -0.05) is 13.3 Å². The molecule has 0 radical (unpaired) electrons. The predicted octanol–water partition coefficient (Wildman–Crippen LogP) is 1.45. The van der Waals surface area contributed by atoms with Crippen LogP contribution in [-0.2, 0) is 0 Å². The molecule has 0 spiro atoms. The third-order valence-electron chi connectivity index (χ3n) is 1.79. The van der Waals surface area contributed by atoms with Gasteiger partial charge in [-0.3, -0.25) is 0 Å². The van der Waals surface area contributed by atoms with Gasteiger partial charge in [-0.05, 0) is 20.3 Å². The molecule has 0 saturated heterocycles. The van der Waals surface area contributed by atoms with Gasteiger partial charge < -0.3 is 15.8 Å². The van der Waals surface area contributed by atoms with E-state index in [1.807, 2.05) is 13.8 Å². The quantitative estimate of drug-likeness (QED) is 0.713. The Kier molecular flexibility index (Phi) is 4.75. The van der Waals surface area contributed by atoms with Crippen molar-refractivity contribution in [1.82, 2.24) is 15.0 Å². The number of anilines is 2. The van der Waals surface area contributed by atoms with Crippen molar-refractivity contribution >= 4 is 11.9 Å². The minimum atomic E-state index is 0.0188. The number of nitrogens with zero attached hydrogens (tertiary/aromatic N) is 3. The van der Waals surface area contributed by atoms with Gasteiger partial charge in [-0.25, -0.2) is 0 Å². The number of ether oxygens (including phenoxy) is 1. The molecule has 6 heteroatoms. The predicted molar refractivity (Wildman–Crippen MR) is 63.4 cm³/mol. The summed E-state index contributed by atoms with van der Waals surface area (Å²) in [5.74, 6) is 0.640. The first kappa shape index (κ1) is 12.5. The third kappa shape index (κ3) is 4.29. The summed E-state index contributed by atoms with van der Waals surface area (Å²) in [6, 6.07) is 0.265. The van der Waals surface area contributed by atoms with Crippen molar-refractivity contribution in [2.75, 3.05) is 17.6 Å². The minimum absolute atomic E-state index is 0.0188. The van der Waals surface area contributed by atoms with E-state index in [0.29, 0.717) is 5.95 Å². The molecule has 0 saturated carbocycles. The van der Waals surface area contributed by atoms with E-state index in [4.69, 9.17) is 10.5 Å². The molecule has 0 fully saturated rings. The lowest BCUT2D eigenvalue weighted by atomic mass is 10.3. The number of hydrogen-bond donors (Lipinski definition) is 2. The summed E-state index contributed by atoms with van der Waals surface area (Å²) in [6.45, 7) is 6.76. The highest BCUT2D eigenvalue weighted by Crippen LogP contribution is 2.10. The van der Waals surface area contributed by atoms with Gasteiger partial charge >= 0.3 is 6.01 Å². The van der Waals surface area contributed by atoms with E-state index in [1.54, 1.807) is 0 Å². The average Bonchev–Trinajstić information content (AvgIpc) is 2.16. The number of aromatic nitrogens is 3. The molecule has 0 aliphatic heterocycles. The summed E-state index contributed by atoms with van der Waals surface area (Å²) in [6.07, 6.45) is 2.19. The summed E-state index contributed by atoms with van der Waals surface area (Å²) in [5.41, 5.74) is 5.56. The molecule has 0 amide bonds. The third-order valence-corrected chi connectivity index (χ3v) is 1.79. The number of unbranched alkanes of at least 4 members (excludes halogenated alkanes) is 1. The smallest absolute Gasteiger partial charge is 0.323 e. The van der Waals surface area contributed by atoms with E-state index in [2.05, 4.69) is 27.2 Å². The number of rotatable bonds is 6. The molecule has 0 aromatic carbocycles. The molecular weight excluding hydrogens is 206 g/mol. The van der Waals surface area contributed by atoms with Gasteiger partial charge in [-0.15, -0.1) is 0 Å². The Bertz CT molecular complexity index is 329. The van der Waals surface area contributed by atoms with Crippen molar-refractivity contribution in [3.8, 4) is 6.01 Å². The van der Waals surface area contributed by atoms with Crippen LogP contribution in [0.25, 0.3) is 0 Å². The fraction of sp³-hybridized carbons (Fsp3) is 0.700. The molecule has 90 valence electrons. The van der Waals surface area contributed by atoms with E-state index in [0.717, 1.165) is 19.4 Å². The van der Waals surface area contributed by atoms with Crippen molar-refractivity contribution < 1.29 is 4.74 Å². The van der Waals surface area contributed by atoms with Gasteiger partial charge in [0.05, 0.1) is 6.10 Å². The molecule has 0 aliphatic rings. The summed E-state index contributed by atoms with van der Waals surface area (Å²) in [7, 11) is 0. The highest BCUT2D eigenvalue weighted by Gasteiger charge is 2.06. The zero-order valence-electron chi connectivity index (χ0n) is 10.0. The molecule has 1 aromatic rings. The zero-order valence-corrected chi connectivity index (χ0v) is 10.0. The number of nitrogens with one attached hydrogen (secondary N) is 1. The lowest BCUT2D eigenvalue weighted by Crippen LogP contribution is -2.13. The Balaban J connectivity index is 2.65. The summed E-state index contributed by atoms with van der Waals surface area (Å²) in [5, 5.41) is 3.08. The molecular formula is C10H19N5O. The van der Waals surface area contributed by atoms with Gasteiger partial charge in [0.15, 0.2) is 0 Å². The first-order valence-electron chi connectivity index (χ1n) is 5.54. The average molecular weight is 225 g/mol. The minimum Gasteiger partial charge on any atom is -0.461 e. The second-order valence-electron chi connectivity index (χ2n) is 3.75. The Morgan fingerprint density at radius 2 is 2.06 bits per heavy atom. The standard InChI is InChI=1S/C10H19N5O/c1-4-5-6-12-9-13-8(11)14-10(15-9)16-7(2)3/h7H,4-6H2,1-3H3,(H3,11,12,13,14,15). The van der Waals surface area contributed by atoms with Crippen LogP contribution < -0.4 is 15.8 Å². The van der Waals surface area contributed by atoms with Crippen molar-refractivity contribution in [1.29, 1.82) is 0 Å². The van der Waals surface area contributed by atoms with E-state index in [-0.39, 0.29) is 18.1 Å². The second-order valence-corrected chi connectivity index (χ2v) is 3.75. The lowest BCUT2D eigenvalue weighted by molar-refractivity contribution is 0.222. The summed E-state index contributed by atoms with van der Waals surface area (Å²) in [4.78, 5) is 12.0. The molecule has 3 N–H and O–H groups in total. The Morgan fingerprint density at radius 3 is 2.69 bits per heavy atom. The van der Waals surface area contributed by atoms with E-state index in [1.165, 1.54) is 0 Å². The van der Waals surface area contributed by atoms with E-state index < -0.39 is 0 Å². The first-order chi connectivity index (χ1) is 7.61. The van der Waals surface area contributed by atoms with Gasteiger partial charge in [0.25, 0.3) is 0 Å². The molecule has 6 nitrogen and oxygen atoms in total. The lowest BCUT2D eigenvalue weighted by Gasteiger charge is -2.09. The van der Waals surface area contributed by atoms with Crippen LogP contribution in [0.2, 0.25) is 0 Å². The molecule has 1 aromatic heterocycles. The maximum absolute atomic E-state index is 5.56. The Hall–Kier alpha value is -1.59. The van der Waals surface area contributed by atoms with Crippen molar-refractivity contribution in [3.05, 3.63) is 0 Å². The van der Waals surface area contributed by atoms with Gasteiger partial charge in [0, 0.05) is 6.54 Å². The van der Waals surface area contributed by atoms with Crippen LogP contribution in [0.15, 0.2) is 0 Å². The maximum atomic E-state index is 5.56. The number of nitrogens with two attached hydrogens (primary N) is 1. The monoisotopic (exact) mass is 225 g/mol. The molecule has 0 aliphatic carbocycles. The molecule has 1 rings (SSSR count). The van der Waals surface area contributed by atoms with Crippen molar-refractivity contribution in [3.63, 3.8) is 0 Å². The summed E-state index contributed by atoms with van der Waals surface area (Å²) < 4.78 is 5.36. The molecule has 1 heterocycles. The van der Waals surface area contributed by atoms with Gasteiger partial charge in [0.1, 0.15) is 0 Å².